The minimum atomic E-state index is -1.04. The van der Waals surface area contributed by atoms with Crippen LogP contribution in [0.15, 0.2) is 98.1 Å². The Kier molecular flexibility index (Phi) is 15.3. The van der Waals surface area contributed by atoms with Gasteiger partial charge < -0.3 is 26.8 Å². The number of hydrogen-bond acceptors (Lipinski definition) is 17. The van der Waals surface area contributed by atoms with E-state index in [0.717, 1.165) is 22.7 Å². The molecule has 0 spiro atoms. The zero-order valence-corrected chi connectivity index (χ0v) is 36.7. The first-order valence-electron chi connectivity index (χ1n) is 19.4. The average molecular weight is 917 g/mol. The summed E-state index contributed by atoms with van der Waals surface area (Å²) in [7, 11) is 3.46. The van der Waals surface area contributed by atoms with Crippen LogP contribution in [0.4, 0.5) is 0 Å². The van der Waals surface area contributed by atoms with E-state index in [2.05, 4.69) is 56.1 Å². The number of Topliss-reactive ketones (excluding diaryl/α,β-unsaturated/α-hetero) is 2. The molecule has 6 N–H and O–H groups in total. The predicted molar refractivity (Wildman–Crippen MR) is 238 cm³/mol. The van der Waals surface area contributed by atoms with Gasteiger partial charge >= 0.3 is 5.97 Å². The number of nitrogens with one attached hydrogen (secondary N) is 3. The largest absolute Gasteiger partial charge is 0.477 e. The van der Waals surface area contributed by atoms with Gasteiger partial charge in [0.25, 0.3) is 17.7 Å². The Morgan fingerprint density at radius 2 is 1.06 bits per heavy atom. The van der Waals surface area contributed by atoms with Crippen LogP contribution in [0, 0.1) is 0 Å². The topological polar surface area (TPSA) is 298 Å². The maximum Gasteiger partial charge on any atom is 0.347 e. The first-order chi connectivity index (χ1) is 31.2. The predicted octanol–water partition coefficient (Wildman–Crippen LogP) is 3.76. The maximum atomic E-state index is 12.7. The molecule has 0 aliphatic rings. The highest BCUT2D eigenvalue weighted by molar-refractivity contribution is 7.14. The highest BCUT2D eigenvalue weighted by Gasteiger charge is 2.22. The molecule has 23 heteroatoms. The molecule has 8 aromatic rings. The molecule has 6 aromatic heterocycles. The summed E-state index contributed by atoms with van der Waals surface area (Å²) in [5, 5.41) is 27.4. The fourth-order valence-electron chi connectivity index (χ4n) is 5.83. The molecule has 332 valence electrons. The number of hydrogen-bond donors (Lipinski definition) is 5. The van der Waals surface area contributed by atoms with Crippen LogP contribution in [0.3, 0.4) is 0 Å². The van der Waals surface area contributed by atoms with E-state index in [1.54, 1.807) is 73.7 Å². The van der Waals surface area contributed by atoms with E-state index in [9.17, 15) is 28.8 Å². The third kappa shape index (κ3) is 11.5. The van der Waals surface area contributed by atoms with Gasteiger partial charge in [-0.3, -0.25) is 33.3 Å². The number of fused-ring (bicyclic) bond motifs is 2. The van der Waals surface area contributed by atoms with Gasteiger partial charge in [-0.15, -0.1) is 22.7 Å². The minimum Gasteiger partial charge on any atom is -0.477 e. The molecule has 0 aliphatic heterocycles. The van der Waals surface area contributed by atoms with Crippen LogP contribution in [-0.4, -0.2) is 103 Å². The van der Waals surface area contributed by atoms with E-state index >= 15 is 0 Å². The number of nitrogens with zero attached hydrogens (tertiary/aromatic N) is 10. The Bertz CT molecular complexity index is 2990. The van der Waals surface area contributed by atoms with Crippen molar-refractivity contribution in [2.24, 2.45) is 19.8 Å². The van der Waals surface area contributed by atoms with E-state index in [0.29, 0.717) is 48.1 Å². The van der Waals surface area contributed by atoms with Crippen LogP contribution < -0.4 is 21.7 Å². The molecular weight excluding hydrogens is 877 g/mol. The molecule has 8 rings (SSSR count). The SMILES string of the molecule is CC(NC(=O)c1ncnc2c1cnn2C)c1ncc(C(=O)NCC(=O)c2ccccc2)s1.CC(NC(=O)c1ncnc2c1cnn2C)c1ncc(C(=O)O)s1.NCC(=O)c1ccccc1. The monoisotopic (exact) mass is 916 g/mol. The van der Waals surface area contributed by atoms with Crippen molar-refractivity contribution in [2.75, 3.05) is 13.1 Å². The van der Waals surface area contributed by atoms with Crippen molar-refractivity contribution in [3.63, 3.8) is 0 Å². The molecule has 0 bridgehead atoms. The quantitative estimate of drug-likeness (QED) is 0.103. The number of ketones is 2. The third-order valence-electron chi connectivity index (χ3n) is 9.19. The lowest BCUT2D eigenvalue weighted by atomic mass is 10.1. The highest BCUT2D eigenvalue weighted by atomic mass is 32.1. The van der Waals surface area contributed by atoms with E-state index in [4.69, 9.17) is 10.8 Å². The van der Waals surface area contributed by atoms with Crippen molar-refractivity contribution in [3.8, 4) is 0 Å². The number of amides is 3. The van der Waals surface area contributed by atoms with Crippen LogP contribution in [0.25, 0.3) is 22.1 Å². The van der Waals surface area contributed by atoms with Crippen molar-refractivity contribution in [2.45, 2.75) is 25.9 Å². The number of aromatic carboxylic acids is 1. The smallest absolute Gasteiger partial charge is 0.347 e. The number of aryl methyl sites for hydroxylation is 2. The number of aromatic nitrogens is 10. The molecule has 0 saturated heterocycles. The molecule has 0 saturated carbocycles. The lowest BCUT2D eigenvalue weighted by Crippen LogP contribution is -2.29. The summed E-state index contributed by atoms with van der Waals surface area (Å²) < 4.78 is 3.11. The van der Waals surface area contributed by atoms with Gasteiger partial charge in [-0.25, -0.2) is 34.7 Å². The lowest BCUT2D eigenvalue weighted by molar-refractivity contribution is 0.0700. The summed E-state index contributed by atoms with van der Waals surface area (Å²) in [5.41, 5.74) is 7.90. The van der Waals surface area contributed by atoms with Gasteiger partial charge in [-0.2, -0.15) is 10.2 Å². The number of carboxylic acid groups (broad SMARTS) is 1. The Morgan fingerprint density at radius 1 is 0.615 bits per heavy atom. The van der Waals surface area contributed by atoms with Crippen LogP contribution in [-0.2, 0) is 14.1 Å². The van der Waals surface area contributed by atoms with Gasteiger partial charge in [0, 0.05) is 25.2 Å². The zero-order chi connectivity index (χ0) is 46.6. The molecular formula is C42H40N14O7S2. The molecule has 3 amide bonds. The standard InChI is InChI=1S/C21H19N7O3S.C13H12N6O3S.C8H9NO/c1-12(27-20(31)17-14-8-26-28(2)18(14)25-11-24-17)21-23-10-16(32-21)19(30)22-9-15(29)13-6-4-3-5-7-13;1-6(12-14-4-8(23-12)13(21)22)18-11(20)9-7-3-17-19(2)10(7)16-5-15-9;9-6-8(10)7-4-2-1-3-5-7/h3-8,10-12H,9H2,1-2H3,(H,22,30)(H,27,31);3-6H,1-2H3,(H,18,20)(H,21,22);1-5H,6,9H2. The number of rotatable bonds is 13. The lowest BCUT2D eigenvalue weighted by Gasteiger charge is -2.11. The fraction of sp³-hybridized carbons (Fsp3) is 0.190. The third-order valence-corrected chi connectivity index (χ3v) is 11.5. The molecule has 21 nitrogen and oxygen atoms in total. The summed E-state index contributed by atoms with van der Waals surface area (Å²) in [6, 6.07) is 16.9. The number of carbonyl (C=O) groups is 6. The van der Waals surface area contributed by atoms with Crippen molar-refractivity contribution in [1.82, 2.24) is 65.4 Å². The summed E-state index contributed by atoms with van der Waals surface area (Å²) in [5.74, 6) is -2.43. The Hall–Kier alpha value is -8.02. The Labute approximate surface area is 377 Å². The van der Waals surface area contributed by atoms with Crippen molar-refractivity contribution >= 4 is 80.0 Å². The van der Waals surface area contributed by atoms with Gasteiger partial charge in [0.15, 0.2) is 22.9 Å². The van der Waals surface area contributed by atoms with Crippen LogP contribution in [0.2, 0.25) is 0 Å². The normalized spacial score (nSPS) is 11.6. The molecule has 65 heavy (non-hydrogen) atoms. The maximum absolute atomic E-state index is 12.7. The molecule has 2 aromatic carbocycles. The van der Waals surface area contributed by atoms with E-state index in [1.807, 2.05) is 24.3 Å². The molecule has 6 heterocycles. The first-order valence-corrected chi connectivity index (χ1v) is 21.1. The van der Waals surface area contributed by atoms with Crippen LogP contribution in [0.1, 0.15) is 97.0 Å². The number of benzene rings is 2. The van der Waals surface area contributed by atoms with Crippen molar-refractivity contribution < 1.29 is 33.9 Å². The van der Waals surface area contributed by atoms with Gasteiger partial charge in [-0.1, -0.05) is 60.7 Å². The summed E-state index contributed by atoms with van der Waals surface area (Å²) in [6.45, 7) is 3.46. The average Bonchev–Trinajstić information content (AvgIpc) is 4.17. The fourth-order valence-corrected chi connectivity index (χ4v) is 7.43. The second-order valence-corrected chi connectivity index (χ2v) is 15.9. The summed E-state index contributed by atoms with van der Waals surface area (Å²) >= 11 is 2.16. The Morgan fingerprint density at radius 3 is 1.51 bits per heavy atom. The number of carboxylic acids is 1. The van der Waals surface area contributed by atoms with Crippen molar-refractivity contribution in [3.05, 3.63) is 140 Å². The Balaban J connectivity index is 0.000000184. The van der Waals surface area contributed by atoms with Gasteiger partial charge in [0.1, 0.15) is 43.8 Å². The first kappa shape index (κ1) is 46.5. The number of thiazole rings is 2. The highest BCUT2D eigenvalue weighted by Crippen LogP contribution is 2.23. The minimum absolute atomic E-state index is 0.0133. The molecule has 2 atom stereocenters. The summed E-state index contributed by atoms with van der Waals surface area (Å²) in [4.78, 5) is 96.5. The molecule has 2 unspecified atom stereocenters. The van der Waals surface area contributed by atoms with Crippen LogP contribution >= 0.6 is 22.7 Å². The molecule has 0 aliphatic carbocycles. The van der Waals surface area contributed by atoms with E-state index < -0.39 is 35.8 Å². The zero-order valence-electron chi connectivity index (χ0n) is 35.1. The van der Waals surface area contributed by atoms with Gasteiger partial charge in [0.2, 0.25) is 0 Å². The van der Waals surface area contributed by atoms with Gasteiger partial charge in [0.05, 0.1) is 60.7 Å². The molecule has 0 radical (unpaired) electrons. The van der Waals surface area contributed by atoms with E-state index in [1.165, 1.54) is 37.4 Å². The van der Waals surface area contributed by atoms with Crippen molar-refractivity contribution in [1.29, 1.82) is 0 Å². The second kappa shape index (κ2) is 21.4. The number of nitrogens with two attached hydrogens (primary N) is 1. The van der Waals surface area contributed by atoms with E-state index in [-0.39, 0.29) is 40.9 Å². The summed E-state index contributed by atoms with van der Waals surface area (Å²) in [6.07, 6.45) is 8.38. The molecule has 0 fully saturated rings. The number of carbonyl (C=O) groups excluding carboxylic acids is 5. The van der Waals surface area contributed by atoms with Gasteiger partial charge in [-0.05, 0) is 13.8 Å². The van der Waals surface area contributed by atoms with Crippen LogP contribution in [0.5, 0.6) is 0 Å². The second-order valence-electron chi connectivity index (χ2n) is 13.7.